The van der Waals surface area contributed by atoms with Crippen LogP contribution in [-0.4, -0.2) is 43.4 Å². The molecule has 3 aromatic rings. The van der Waals surface area contributed by atoms with Gasteiger partial charge in [0.2, 0.25) is 5.13 Å². The van der Waals surface area contributed by atoms with Gasteiger partial charge in [-0.2, -0.15) is 5.10 Å². The van der Waals surface area contributed by atoms with Crippen LogP contribution in [0, 0.1) is 6.92 Å². The third-order valence-corrected chi connectivity index (χ3v) is 5.09. The average molecular weight is 469 g/mol. The minimum Gasteiger partial charge on any atom is -0.490 e. The molecule has 9 nitrogen and oxygen atoms in total. The summed E-state index contributed by atoms with van der Waals surface area (Å²) in [4.78, 5) is 28.5. The molecule has 0 unspecified atom stereocenters. The number of nitrogens with one attached hydrogen (secondary N) is 2. The van der Waals surface area contributed by atoms with Gasteiger partial charge in [0.05, 0.1) is 36.9 Å². The first-order chi connectivity index (χ1) is 16.0. The molecule has 0 bridgehead atoms. The predicted octanol–water partition coefficient (Wildman–Crippen LogP) is 4.10. The van der Waals surface area contributed by atoms with Gasteiger partial charge in [0.15, 0.2) is 18.1 Å². The summed E-state index contributed by atoms with van der Waals surface area (Å²) in [6, 6.07) is 11.8. The second-order valence-electron chi connectivity index (χ2n) is 6.68. The maximum absolute atomic E-state index is 12.4. The van der Waals surface area contributed by atoms with E-state index in [0.29, 0.717) is 28.9 Å². The zero-order valence-electron chi connectivity index (χ0n) is 18.5. The molecule has 10 heteroatoms. The Labute approximate surface area is 195 Å². The Kier molecular flexibility index (Phi) is 8.36. The lowest BCUT2D eigenvalue weighted by molar-refractivity contribution is -0.118. The molecule has 0 aliphatic heterocycles. The van der Waals surface area contributed by atoms with Gasteiger partial charge in [0.25, 0.3) is 5.91 Å². The van der Waals surface area contributed by atoms with Crippen LogP contribution in [0.3, 0.4) is 0 Å². The number of esters is 1. The molecule has 0 aliphatic carbocycles. The van der Waals surface area contributed by atoms with Crippen molar-refractivity contribution in [2.24, 2.45) is 5.10 Å². The number of hydrazone groups is 1. The highest BCUT2D eigenvalue weighted by Crippen LogP contribution is 2.28. The van der Waals surface area contributed by atoms with Gasteiger partial charge in [-0.25, -0.2) is 9.78 Å². The van der Waals surface area contributed by atoms with E-state index >= 15 is 0 Å². The topological polar surface area (TPSA) is 111 Å². The Balaban J connectivity index is 1.63. The van der Waals surface area contributed by atoms with Gasteiger partial charge in [-0.3, -0.25) is 10.2 Å². The lowest BCUT2D eigenvalue weighted by atomic mass is 10.2. The molecule has 0 fully saturated rings. The lowest BCUT2D eigenvalue weighted by Gasteiger charge is -2.13. The molecule has 3 rings (SSSR count). The molecular formula is C23H24N4O5S. The number of nitrogens with zero attached hydrogens (tertiary/aromatic N) is 2. The molecule has 2 N–H and O–H groups in total. The van der Waals surface area contributed by atoms with Gasteiger partial charge in [-0.1, -0.05) is 12.1 Å². The summed E-state index contributed by atoms with van der Waals surface area (Å²) in [5, 5.41) is 9.48. The first-order valence-electron chi connectivity index (χ1n) is 10.1. The molecule has 0 atom stereocenters. The van der Waals surface area contributed by atoms with Crippen molar-refractivity contribution in [3.63, 3.8) is 0 Å². The molecule has 0 aliphatic rings. The van der Waals surface area contributed by atoms with Crippen molar-refractivity contribution in [2.75, 3.05) is 31.1 Å². The van der Waals surface area contributed by atoms with Crippen molar-refractivity contribution in [2.45, 2.75) is 13.8 Å². The van der Waals surface area contributed by atoms with Gasteiger partial charge < -0.3 is 19.5 Å². The number of benzene rings is 2. The van der Waals surface area contributed by atoms with Gasteiger partial charge in [0, 0.05) is 5.38 Å². The van der Waals surface area contributed by atoms with Crippen LogP contribution >= 0.6 is 11.3 Å². The van der Waals surface area contributed by atoms with E-state index in [9.17, 15) is 9.59 Å². The van der Waals surface area contributed by atoms with Crippen LogP contribution in [0.5, 0.6) is 11.5 Å². The maximum atomic E-state index is 12.4. The van der Waals surface area contributed by atoms with Gasteiger partial charge in [-0.15, -0.1) is 11.3 Å². The zero-order chi connectivity index (χ0) is 23.6. The SMILES string of the molecule is CCOc1cc(C=NNc2nc(C)cs2)ccc1OCC(=O)Nc1ccccc1C(=O)OC. The van der Waals surface area contributed by atoms with Crippen LogP contribution < -0.4 is 20.2 Å². The Hall–Kier alpha value is -3.92. The maximum Gasteiger partial charge on any atom is 0.339 e. The first kappa shape index (κ1) is 23.7. The first-order valence-corrected chi connectivity index (χ1v) is 11.0. The number of aryl methyl sites for hydroxylation is 1. The highest BCUT2D eigenvalue weighted by molar-refractivity contribution is 7.13. The second kappa shape index (κ2) is 11.6. The third-order valence-electron chi connectivity index (χ3n) is 4.23. The van der Waals surface area contributed by atoms with Crippen molar-refractivity contribution < 1.29 is 23.8 Å². The number of methoxy groups -OCH3 is 1. The predicted molar refractivity (Wildman–Crippen MR) is 128 cm³/mol. The number of hydrogen-bond acceptors (Lipinski definition) is 9. The molecule has 33 heavy (non-hydrogen) atoms. The van der Waals surface area contributed by atoms with E-state index < -0.39 is 11.9 Å². The smallest absolute Gasteiger partial charge is 0.339 e. The normalized spacial score (nSPS) is 10.6. The Morgan fingerprint density at radius 2 is 1.97 bits per heavy atom. The summed E-state index contributed by atoms with van der Waals surface area (Å²) in [6.45, 7) is 3.92. The fourth-order valence-electron chi connectivity index (χ4n) is 2.77. The van der Waals surface area contributed by atoms with E-state index in [1.54, 1.807) is 48.7 Å². The summed E-state index contributed by atoms with van der Waals surface area (Å²) < 4.78 is 16.1. The van der Waals surface area contributed by atoms with Crippen LogP contribution in [0.4, 0.5) is 10.8 Å². The standard InChI is InChI=1S/C23H24N4O5S/c1-4-31-20-11-16(12-24-27-23-25-15(2)14-33-23)9-10-19(20)32-13-21(28)26-18-8-6-5-7-17(18)22(29)30-3/h5-12,14H,4,13H2,1-3H3,(H,25,27)(H,26,28). The molecule has 1 aromatic heterocycles. The minimum absolute atomic E-state index is 0.258. The van der Waals surface area contributed by atoms with E-state index in [-0.39, 0.29) is 12.2 Å². The Morgan fingerprint density at radius 3 is 2.70 bits per heavy atom. The van der Waals surface area contributed by atoms with E-state index in [1.165, 1.54) is 18.4 Å². The van der Waals surface area contributed by atoms with Crippen molar-refractivity contribution >= 4 is 40.2 Å². The van der Waals surface area contributed by atoms with Crippen LogP contribution in [0.1, 0.15) is 28.5 Å². The van der Waals surface area contributed by atoms with Gasteiger partial charge in [0.1, 0.15) is 0 Å². The number of thiazole rings is 1. The van der Waals surface area contributed by atoms with E-state index in [1.807, 2.05) is 19.2 Å². The van der Waals surface area contributed by atoms with Crippen LogP contribution in [0.2, 0.25) is 0 Å². The fourth-order valence-corrected chi connectivity index (χ4v) is 3.41. The summed E-state index contributed by atoms with van der Waals surface area (Å²) in [5.74, 6) is -0.0761. The zero-order valence-corrected chi connectivity index (χ0v) is 19.3. The van der Waals surface area contributed by atoms with E-state index in [4.69, 9.17) is 14.2 Å². The van der Waals surface area contributed by atoms with Gasteiger partial charge >= 0.3 is 5.97 Å². The molecule has 0 spiro atoms. The number of carbonyl (C=O) groups is 2. The molecule has 2 aromatic carbocycles. The highest BCUT2D eigenvalue weighted by atomic mass is 32.1. The van der Waals surface area contributed by atoms with Crippen molar-refractivity contribution in [3.05, 3.63) is 64.7 Å². The molecule has 1 amide bonds. The number of amides is 1. The number of carbonyl (C=O) groups excluding carboxylic acids is 2. The third kappa shape index (κ3) is 6.78. The number of para-hydroxylation sites is 1. The quantitative estimate of drug-likeness (QED) is 0.262. The molecule has 0 saturated heterocycles. The Morgan fingerprint density at radius 1 is 1.15 bits per heavy atom. The Bertz CT molecular complexity index is 1150. The largest absolute Gasteiger partial charge is 0.490 e. The summed E-state index contributed by atoms with van der Waals surface area (Å²) in [7, 11) is 1.28. The summed E-state index contributed by atoms with van der Waals surface area (Å²) >= 11 is 1.47. The fraction of sp³-hybridized carbons (Fsp3) is 0.217. The van der Waals surface area contributed by atoms with Crippen molar-refractivity contribution in [1.29, 1.82) is 0 Å². The second-order valence-corrected chi connectivity index (χ2v) is 7.54. The van der Waals surface area contributed by atoms with Crippen LogP contribution in [0.25, 0.3) is 0 Å². The monoisotopic (exact) mass is 468 g/mol. The summed E-state index contributed by atoms with van der Waals surface area (Å²) in [5.41, 5.74) is 5.19. The van der Waals surface area contributed by atoms with E-state index in [2.05, 4.69) is 20.8 Å². The molecule has 0 saturated carbocycles. The molecular weight excluding hydrogens is 444 g/mol. The summed E-state index contributed by atoms with van der Waals surface area (Å²) in [6.07, 6.45) is 1.64. The van der Waals surface area contributed by atoms with Crippen molar-refractivity contribution in [1.82, 2.24) is 4.98 Å². The van der Waals surface area contributed by atoms with E-state index in [0.717, 1.165) is 11.3 Å². The number of anilines is 2. The molecule has 172 valence electrons. The molecule has 0 radical (unpaired) electrons. The molecule has 1 heterocycles. The van der Waals surface area contributed by atoms with Gasteiger partial charge in [-0.05, 0) is 49.7 Å². The van der Waals surface area contributed by atoms with Crippen LogP contribution in [-0.2, 0) is 9.53 Å². The average Bonchev–Trinajstić information content (AvgIpc) is 3.23. The minimum atomic E-state index is -0.540. The number of hydrogen-bond donors (Lipinski definition) is 2. The number of rotatable bonds is 10. The number of ether oxygens (including phenoxy) is 3. The lowest BCUT2D eigenvalue weighted by Crippen LogP contribution is -2.22. The van der Waals surface area contributed by atoms with Crippen LogP contribution in [0.15, 0.2) is 52.9 Å². The highest BCUT2D eigenvalue weighted by Gasteiger charge is 2.14. The number of aromatic nitrogens is 1. The van der Waals surface area contributed by atoms with Crippen molar-refractivity contribution in [3.8, 4) is 11.5 Å².